The molecular weight excluding hydrogens is 280 g/mol. The minimum atomic E-state index is 0.149. The van der Waals surface area contributed by atoms with E-state index in [1.54, 1.807) is 11.3 Å². The van der Waals surface area contributed by atoms with E-state index in [1.807, 2.05) is 0 Å². The van der Waals surface area contributed by atoms with Crippen molar-refractivity contribution in [3.05, 3.63) is 21.9 Å². The van der Waals surface area contributed by atoms with Gasteiger partial charge in [0.2, 0.25) is 0 Å². The van der Waals surface area contributed by atoms with Gasteiger partial charge in [-0.15, -0.1) is 11.3 Å². The molecule has 0 radical (unpaired) electrons. The Morgan fingerprint density at radius 3 is 2.62 bits per heavy atom. The zero-order chi connectivity index (χ0) is 14.5. The maximum atomic E-state index is 8.74. The molecule has 0 bridgehead atoms. The molecule has 1 aliphatic carbocycles. The van der Waals surface area contributed by atoms with Crippen molar-refractivity contribution in [3.8, 4) is 11.8 Å². The fourth-order valence-electron chi connectivity index (χ4n) is 2.75. The Morgan fingerprint density at radius 1 is 1.14 bits per heavy atom. The Kier molecular flexibility index (Phi) is 5.32. The van der Waals surface area contributed by atoms with E-state index in [9.17, 15) is 0 Å². The van der Waals surface area contributed by atoms with E-state index in [2.05, 4.69) is 33.8 Å². The lowest BCUT2D eigenvalue weighted by molar-refractivity contribution is 0.124. The molecule has 3 rings (SSSR count). The predicted molar refractivity (Wildman–Crippen MR) is 87.3 cm³/mol. The average molecular weight is 304 g/mol. The quantitative estimate of drug-likeness (QED) is 0.843. The first-order valence-corrected chi connectivity index (χ1v) is 8.78. The van der Waals surface area contributed by atoms with Crippen LogP contribution in [0.4, 0.5) is 0 Å². The molecule has 4 heteroatoms. The van der Waals surface area contributed by atoms with Crippen LogP contribution in [0, 0.1) is 17.8 Å². The SMILES string of the molecule is OCCC#Cc1ccc(CN2CCN(CC3CC3)CC2)s1. The molecule has 0 amide bonds. The highest BCUT2D eigenvalue weighted by Crippen LogP contribution is 2.30. The van der Waals surface area contributed by atoms with Crippen LogP contribution >= 0.6 is 11.3 Å². The molecule has 114 valence electrons. The molecule has 1 saturated carbocycles. The van der Waals surface area contributed by atoms with Crippen molar-refractivity contribution < 1.29 is 5.11 Å². The first-order chi connectivity index (χ1) is 10.3. The van der Waals surface area contributed by atoms with Gasteiger partial charge in [0.1, 0.15) is 0 Å². The molecule has 1 aromatic heterocycles. The summed E-state index contributed by atoms with van der Waals surface area (Å²) in [6.07, 6.45) is 3.47. The molecule has 21 heavy (non-hydrogen) atoms. The third kappa shape index (κ3) is 4.82. The number of aliphatic hydroxyl groups is 1. The second-order valence-corrected chi connectivity index (χ2v) is 7.23. The third-order valence-corrected chi connectivity index (χ3v) is 5.15. The monoisotopic (exact) mass is 304 g/mol. The molecule has 0 spiro atoms. The number of hydrogen-bond donors (Lipinski definition) is 1. The fourth-order valence-corrected chi connectivity index (χ4v) is 3.68. The van der Waals surface area contributed by atoms with E-state index in [0.29, 0.717) is 6.42 Å². The summed E-state index contributed by atoms with van der Waals surface area (Å²) >= 11 is 1.79. The van der Waals surface area contributed by atoms with E-state index in [1.165, 1.54) is 50.4 Å². The fraction of sp³-hybridized carbons (Fsp3) is 0.647. The van der Waals surface area contributed by atoms with Gasteiger partial charge in [0.05, 0.1) is 11.5 Å². The number of rotatable bonds is 5. The van der Waals surface area contributed by atoms with E-state index in [-0.39, 0.29) is 6.61 Å². The van der Waals surface area contributed by atoms with Crippen LogP contribution in [-0.2, 0) is 6.54 Å². The molecule has 3 nitrogen and oxygen atoms in total. The Bertz CT molecular complexity index is 504. The van der Waals surface area contributed by atoms with Crippen molar-refractivity contribution in [1.29, 1.82) is 0 Å². The first kappa shape index (κ1) is 15.1. The van der Waals surface area contributed by atoms with Crippen LogP contribution in [0.5, 0.6) is 0 Å². The van der Waals surface area contributed by atoms with Crippen molar-refractivity contribution in [2.45, 2.75) is 25.8 Å². The maximum Gasteiger partial charge on any atom is 0.0771 e. The summed E-state index contributed by atoms with van der Waals surface area (Å²) < 4.78 is 0. The molecule has 2 aliphatic rings. The number of thiophene rings is 1. The van der Waals surface area contributed by atoms with Crippen LogP contribution in [0.1, 0.15) is 29.0 Å². The molecule has 1 aromatic rings. The van der Waals surface area contributed by atoms with Gasteiger partial charge in [0.25, 0.3) is 0 Å². The molecule has 0 aromatic carbocycles. The van der Waals surface area contributed by atoms with Gasteiger partial charge in [0, 0.05) is 50.6 Å². The van der Waals surface area contributed by atoms with E-state index < -0.39 is 0 Å². The second-order valence-electron chi connectivity index (χ2n) is 6.06. The van der Waals surface area contributed by atoms with Gasteiger partial charge < -0.3 is 10.0 Å². The Labute approximate surface area is 131 Å². The lowest BCUT2D eigenvalue weighted by atomic mass is 10.2. The van der Waals surface area contributed by atoms with Crippen molar-refractivity contribution >= 4 is 11.3 Å². The summed E-state index contributed by atoms with van der Waals surface area (Å²) in [4.78, 5) is 7.71. The minimum Gasteiger partial charge on any atom is -0.395 e. The van der Waals surface area contributed by atoms with Gasteiger partial charge >= 0.3 is 0 Å². The average Bonchev–Trinajstić information content (AvgIpc) is 3.20. The number of piperazine rings is 1. The molecule has 0 atom stereocenters. The van der Waals surface area contributed by atoms with Crippen LogP contribution < -0.4 is 0 Å². The molecule has 1 aliphatic heterocycles. The predicted octanol–water partition coefficient (Wildman–Crippen LogP) is 2.01. The van der Waals surface area contributed by atoms with Gasteiger partial charge in [-0.2, -0.15) is 0 Å². The molecular formula is C17H24N2OS. The van der Waals surface area contributed by atoms with E-state index >= 15 is 0 Å². The molecule has 0 unspecified atom stereocenters. The number of aliphatic hydroxyl groups excluding tert-OH is 1. The van der Waals surface area contributed by atoms with Crippen molar-refractivity contribution in [2.75, 3.05) is 39.3 Å². The van der Waals surface area contributed by atoms with Crippen LogP contribution in [0.2, 0.25) is 0 Å². The second kappa shape index (κ2) is 7.42. The number of nitrogens with zero attached hydrogens (tertiary/aromatic N) is 2. The topological polar surface area (TPSA) is 26.7 Å². The van der Waals surface area contributed by atoms with Crippen LogP contribution in [-0.4, -0.2) is 54.2 Å². The summed E-state index contributed by atoms with van der Waals surface area (Å²) in [6.45, 7) is 7.37. The molecule has 1 saturated heterocycles. The Balaban J connectivity index is 1.43. The van der Waals surface area contributed by atoms with E-state index in [0.717, 1.165) is 17.3 Å². The molecule has 2 heterocycles. The zero-order valence-electron chi connectivity index (χ0n) is 12.6. The minimum absolute atomic E-state index is 0.149. The highest BCUT2D eigenvalue weighted by atomic mass is 32.1. The highest BCUT2D eigenvalue weighted by molar-refractivity contribution is 7.12. The van der Waals surface area contributed by atoms with Crippen molar-refractivity contribution in [1.82, 2.24) is 9.80 Å². The third-order valence-electron chi connectivity index (χ3n) is 4.17. The first-order valence-electron chi connectivity index (χ1n) is 7.96. The van der Waals surface area contributed by atoms with Crippen LogP contribution in [0.15, 0.2) is 12.1 Å². The van der Waals surface area contributed by atoms with Gasteiger partial charge in [-0.25, -0.2) is 0 Å². The van der Waals surface area contributed by atoms with Crippen LogP contribution in [0.25, 0.3) is 0 Å². The van der Waals surface area contributed by atoms with Crippen molar-refractivity contribution in [2.24, 2.45) is 5.92 Å². The largest absolute Gasteiger partial charge is 0.395 e. The summed E-state index contributed by atoms with van der Waals surface area (Å²) in [6, 6.07) is 4.30. The van der Waals surface area contributed by atoms with Crippen LogP contribution in [0.3, 0.4) is 0 Å². The Morgan fingerprint density at radius 2 is 1.90 bits per heavy atom. The lowest BCUT2D eigenvalue weighted by Gasteiger charge is -2.34. The van der Waals surface area contributed by atoms with E-state index in [4.69, 9.17) is 5.11 Å². The zero-order valence-corrected chi connectivity index (χ0v) is 13.4. The normalized spacial score (nSPS) is 20.2. The highest BCUT2D eigenvalue weighted by Gasteiger charge is 2.26. The number of hydrogen-bond acceptors (Lipinski definition) is 4. The summed E-state index contributed by atoms with van der Waals surface area (Å²) in [5, 5.41) is 8.74. The maximum absolute atomic E-state index is 8.74. The van der Waals surface area contributed by atoms with Gasteiger partial charge in [0.15, 0.2) is 0 Å². The van der Waals surface area contributed by atoms with Gasteiger partial charge in [-0.1, -0.05) is 11.8 Å². The smallest absolute Gasteiger partial charge is 0.0771 e. The summed E-state index contributed by atoms with van der Waals surface area (Å²) in [7, 11) is 0. The summed E-state index contributed by atoms with van der Waals surface area (Å²) in [5.41, 5.74) is 0. The van der Waals surface area contributed by atoms with Crippen molar-refractivity contribution in [3.63, 3.8) is 0 Å². The summed E-state index contributed by atoms with van der Waals surface area (Å²) in [5.74, 6) is 7.12. The standard InChI is InChI=1S/C17H24N2OS/c20-12-2-1-3-16-6-7-17(21-16)14-19-10-8-18(9-11-19)13-15-4-5-15/h6-7,15,20H,2,4-5,8-14H2. The Hall–Kier alpha value is -0.860. The van der Waals surface area contributed by atoms with Gasteiger partial charge in [-0.05, 0) is 30.9 Å². The molecule has 2 fully saturated rings. The lowest BCUT2D eigenvalue weighted by Crippen LogP contribution is -2.46. The molecule has 1 N–H and O–H groups in total. The van der Waals surface area contributed by atoms with Gasteiger partial charge in [-0.3, -0.25) is 4.90 Å².